The van der Waals surface area contributed by atoms with Crippen molar-refractivity contribution in [3.05, 3.63) is 80.8 Å². The van der Waals surface area contributed by atoms with Gasteiger partial charge in [-0.2, -0.15) is 0 Å². The molecule has 3 N–H and O–H groups in total. The van der Waals surface area contributed by atoms with Gasteiger partial charge in [-0.3, -0.25) is 9.59 Å². The fraction of sp³-hybridized carbons (Fsp3) is 0.167. The first-order chi connectivity index (χ1) is 17.2. The minimum Gasteiger partial charge on any atom is -0.321 e. The zero-order valence-electron chi connectivity index (χ0n) is 19.4. The Hall–Kier alpha value is -3.48. The molecule has 2 aromatic heterocycles. The molecule has 0 radical (unpaired) electrons. The minimum absolute atomic E-state index is 0.0143. The maximum atomic E-state index is 13.0. The molecule has 1 aromatic carbocycles. The van der Waals surface area contributed by atoms with E-state index in [-0.39, 0.29) is 22.4 Å². The molecule has 12 heteroatoms. The Balaban J connectivity index is 1.49. The predicted molar refractivity (Wildman–Crippen MR) is 143 cm³/mol. The van der Waals surface area contributed by atoms with Crippen molar-refractivity contribution in [3.8, 4) is 0 Å². The van der Waals surface area contributed by atoms with Crippen LogP contribution < -0.4 is 15.4 Å². The Morgan fingerprint density at radius 2 is 1.78 bits per heavy atom. The highest BCUT2D eigenvalue weighted by Gasteiger charge is 2.20. The maximum absolute atomic E-state index is 13.0. The Bertz CT molecular complexity index is 1430. The van der Waals surface area contributed by atoms with E-state index in [1.807, 2.05) is 23.6 Å². The van der Waals surface area contributed by atoms with Crippen LogP contribution in [0.25, 0.3) is 6.08 Å². The average molecular weight is 542 g/mol. The lowest BCUT2D eigenvalue weighted by atomic mass is 10.2. The number of aromatic nitrogens is 2. The molecule has 186 valence electrons. The first-order valence-electron chi connectivity index (χ1n) is 10.9. The topological polar surface area (TPSA) is 130 Å². The van der Waals surface area contributed by atoms with Crippen LogP contribution in [0.15, 0.2) is 69.4 Å². The van der Waals surface area contributed by atoms with Crippen molar-refractivity contribution >= 4 is 62.6 Å². The fourth-order valence-corrected chi connectivity index (χ4v) is 5.78. The third-order valence-corrected chi connectivity index (χ3v) is 8.15. The van der Waals surface area contributed by atoms with Crippen LogP contribution in [-0.2, 0) is 19.6 Å². The number of anilines is 2. The second-order valence-electron chi connectivity index (χ2n) is 7.79. The molecule has 0 aliphatic carbocycles. The monoisotopic (exact) mass is 541 g/mol. The summed E-state index contributed by atoms with van der Waals surface area (Å²) in [4.78, 5) is 35.2. The number of carbonyl (C=O) groups excluding carboxylic acids is 2. The summed E-state index contributed by atoms with van der Waals surface area (Å²) in [5.41, 5.74) is 1.72. The molecule has 4 rings (SSSR count). The van der Waals surface area contributed by atoms with Crippen molar-refractivity contribution < 1.29 is 18.0 Å². The van der Waals surface area contributed by atoms with Gasteiger partial charge in [0.15, 0.2) is 0 Å². The number of nitrogens with one attached hydrogen (secondary N) is 3. The van der Waals surface area contributed by atoms with Gasteiger partial charge >= 0.3 is 0 Å². The van der Waals surface area contributed by atoms with Gasteiger partial charge in [0.25, 0.3) is 21.8 Å². The zero-order chi connectivity index (χ0) is 25.7. The quantitative estimate of drug-likeness (QED) is 0.367. The first kappa shape index (κ1) is 25.6. The van der Waals surface area contributed by atoms with Crippen LogP contribution >= 0.6 is 23.1 Å². The van der Waals surface area contributed by atoms with E-state index in [2.05, 4.69) is 25.3 Å². The predicted octanol–water partition coefficient (Wildman–Crippen LogP) is 4.07. The smallest absolute Gasteiger partial charge is 0.272 e. The normalized spacial score (nSPS) is 13.7. The molecule has 2 amide bonds. The van der Waals surface area contributed by atoms with E-state index in [0.717, 1.165) is 17.1 Å². The van der Waals surface area contributed by atoms with Gasteiger partial charge in [0.2, 0.25) is 5.95 Å². The lowest BCUT2D eigenvalue weighted by molar-refractivity contribution is -0.119. The summed E-state index contributed by atoms with van der Waals surface area (Å²) in [6, 6.07) is 11.1. The molecule has 0 bridgehead atoms. The molecule has 0 saturated carbocycles. The number of nitrogens with zero attached hydrogens (tertiary/aromatic N) is 2. The average Bonchev–Trinajstić information content (AvgIpc) is 3.52. The summed E-state index contributed by atoms with van der Waals surface area (Å²) < 4.78 is 27.9. The van der Waals surface area contributed by atoms with Gasteiger partial charge in [0.05, 0.1) is 9.80 Å². The number of carbonyl (C=O) groups is 2. The van der Waals surface area contributed by atoms with Gasteiger partial charge in [-0.25, -0.2) is 23.1 Å². The molecule has 0 atom stereocenters. The number of allylic oxidation sites excluding steroid dienone is 1. The molecule has 1 aliphatic rings. The van der Waals surface area contributed by atoms with Gasteiger partial charge in [-0.15, -0.1) is 23.1 Å². The fourth-order valence-electron chi connectivity index (χ4n) is 3.30. The van der Waals surface area contributed by atoms with E-state index in [0.29, 0.717) is 22.0 Å². The summed E-state index contributed by atoms with van der Waals surface area (Å²) in [5.74, 6) is -0.0487. The van der Waals surface area contributed by atoms with E-state index in [4.69, 9.17) is 0 Å². The number of hydrogen-bond donors (Lipinski definition) is 3. The number of aryl methyl sites for hydroxylation is 2. The van der Waals surface area contributed by atoms with Crippen molar-refractivity contribution in [1.82, 2.24) is 15.3 Å². The molecule has 0 saturated heterocycles. The molecular weight excluding hydrogens is 518 g/mol. The molecule has 3 aromatic rings. The third-order valence-electron chi connectivity index (χ3n) is 4.88. The van der Waals surface area contributed by atoms with Crippen molar-refractivity contribution in [3.63, 3.8) is 0 Å². The number of thiophene rings is 1. The summed E-state index contributed by atoms with van der Waals surface area (Å²) in [6.07, 6.45) is 4.25. The molecule has 3 heterocycles. The highest BCUT2D eigenvalue weighted by Crippen LogP contribution is 2.25. The second-order valence-corrected chi connectivity index (χ2v) is 11.6. The van der Waals surface area contributed by atoms with E-state index < -0.39 is 15.9 Å². The van der Waals surface area contributed by atoms with Crippen LogP contribution in [0.4, 0.5) is 11.6 Å². The van der Waals surface area contributed by atoms with Gasteiger partial charge < -0.3 is 10.6 Å². The van der Waals surface area contributed by atoms with Gasteiger partial charge in [-0.05, 0) is 68.1 Å². The lowest BCUT2D eigenvalue weighted by Crippen LogP contribution is -2.31. The van der Waals surface area contributed by atoms with Crippen molar-refractivity contribution in [2.75, 3.05) is 15.8 Å². The number of sulfonamides is 1. The van der Waals surface area contributed by atoms with E-state index in [1.54, 1.807) is 26.0 Å². The molecule has 0 fully saturated rings. The second kappa shape index (κ2) is 11.1. The van der Waals surface area contributed by atoms with Crippen LogP contribution in [0, 0.1) is 13.8 Å². The Labute approximate surface area is 217 Å². The summed E-state index contributed by atoms with van der Waals surface area (Å²) in [6.45, 7) is 3.49. The molecule has 36 heavy (non-hydrogen) atoms. The highest BCUT2D eigenvalue weighted by molar-refractivity contribution is 8.04. The number of benzene rings is 1. The summed E-state index contributed by atoms with van der Waals surface area (Å²) in [7, 11) is -3.93. The summed E-state index contributed by atoms with van der Waals surface area (Å²) in [5, 5.41) is 7.28. The van der Waals surface area contributed by atoms with Gasteiger partial charge in [0.1, 0.15) is 5.70 Å². The number of rotatable bonds is 8. The van der Waals surface area contributed by atoms with Gasteiger partial charge in [0, 0.05) is 27.7 Å². The molecule has 0 spiro atoms. The Morgan fingerprint density at radius 1 is 1.06 bits per heavy atom. The Morgan fingerprint density at radius 3 is 2.39 bits per heavy atom. The van der Waals surface area contributed by atoms with E-state index in [1.165, 1.54) is 47.4 Å². The van der Waals surface area contributed by atoms with Crippen LogP contribution in [0.1, 0.15) is 22.7 Å². The van der Waals surface area contributed by atoms with E-state index in [9.17, 15) is 18.0 Å². The highest BCUT2D eigenvalue weighted by atomic mass is 32.2. The van der Waals surface area contributed by atoms with Crippen LogP contribution in [-0.4, -0.2) is 36.0 Å². The van der Waals surface area contributed by atoms with Crippen LogP contribution in [0.3, 0.4) is 0 Å². The van der Waals surface area contributed by atoms with Gasteiger partial charge in [-0.1, -0.05) is 12.1 Å². The molecule has 1 aliphatic heterocycles. The number of hydrogen-bond acceptors (Lipinski definition) is 8. The third kappa shape index (κ3) is 6.59. The molecule has 0 unspecified atom stereocenters. The molecule has 9 nitrogen and oxygen atoms in total. The lowest BCUT2D eigenvalue weighted by Gasteiger charge is -2.12. The van der Waals surface area contributed by atoms with Crippen molar-refractivity contribution in [2.45, 2.75) is 25.2 Å². The Kier molecular flexibility index (Phi) is 7.87. The largest absolute Gasteiger partial charge is 0.321 e. The van der Waals surface area contributed by atoms with Crippen molar-refractivity contribution in [2.24, 2.45) is 0 Å². The van der Waals surface area contributed by atoms with Crippen molar-refractivity contribution in [1.29, 1.82) is 0 Å². The number of thioether (sulfide) groups is 1. The van der Waals surface area contributed by atoms with Crippen LogP contribution in [0.2, 0.25) is 0 Å². The van der Waals surface area contributed by atoms with E-state index >= 15 is 0 Å². The standard InChI is InChI=1S/C24H23N5O4S3/c1-15-13-16(2)26-24(25-15)29-36(32,33)19-9-7-17(8-10-19)27-22(30)20(14-18-5-3-11-34-18)28-23(31)21-6-4-12-35-21/h3,5-11,13-14H,4,12H2,1-2H3,(H,27,30)(H,28,31)(H,25,26,29)/b20-14-. The number of amides is 2. The first-order valence-corrected chi connectivity index (χ1v) is 14.2. The zero-order valence-corrected chi connectivity index (χ0v) is 21.9. The minimum atomic E-state index is -3.93. The SMILES string of the molecule is Cc1cc(C)nc(NS(=O)(=O)c2ccc(NC(=O)/C(=C/c3cccs3)NC(=O)C3=CCCS3)cc2)n1. The molecular formula is C24H23N5O4S3. The maximum Gasteiger partial charge on any atom is 0.272 e. The van der Waals surface area contributed by atoms with Crippen LogP contribution in [0.5, 0.6) is 0 Å². The summed E-state index contributed by atoms with van der Waals surface area (Å²) >= 11 is 2.87.